The van der Waals surface area contributed by atoms with Crippen LogP contribution in [0, 0.1) is 0 Å². The van der Waals surface area contributed by atoms with Gasteiger partial charge in [-0.3, -0.25) is 0 Å². The van der Waals surface area contributed by atoms with E-state index in [2.05, 4.69) is 0 Å². The zero-order valence-corrected chi connectivity index (χ0v) is 7.14. The van der Waals surface area contributed by atoms with Gasteiger partial charge < -0.3 is 24.5 Å². The zero-order chi connectivity index (χ0) is 9.56. The van der Waals surface area contributed by atoms with Crippen molar-refractivity contribution in [3.05, 3.63) is 0 Å². The van der Waals surface area contributed by atoms with Crippen LogP contribution < -0.4 is 0 Å². The average molecular weight is 178 g/mol. The summed E-state index contributed by atoms with van der Waals surface area (Å²) in [4.78, 5) is 10.2. The first-order chi connectivity index (χ1) is 5.71. The van der Waals surface area contributed by atoms with Gasteiger partial charge in [0.05, 0.1) is 6.61 Å². The molecule has 0 saturated heterocycles. The maximum atomic E-state index is 10.2. The third-order valence-corrected chi connectivity index (χ3v) is 1.60. The SMILES string of the molecule is CO[C@H]([C@@H](O)C=O)[C@@H](CO)OC. The highest BCUT2D eigenvalue weighted by molar-refractivity contribution is 5.56. The summed E-state index contributed by atoms with van der Waals surface area (Å²) in [5, 5.41) is 17.8. The van der Waals surface area contributed by atoms with Gasteiger partial charge in [-0.25, -0.2) is 0 Å². The predicted octanol–water partition coefficient (Wildman–Crippen LogP) is -1.43. The van der Waals surface area contributed by atoms with Crippen LogP contribution in [-0.4, -0.2) is 55.6 Å². The minimum absolute atomic E-state index is 0.306. The number of hydrogen-bond acceptors (Lipinski definition) is 5. The topological polar surface area (TPSA) is 76.0 Å². The lowest BCUT2D eigenvalue weighted by Gasteiger charge is -2.24. The molecule has 3 atom stereocenters. The van der Waals surface area contributed by atoms with Crippen LogP contribution in [0.3, 0.4) is 0 Å². The quantitative estimate of drug-likeness (QED) is 0.488. The molecule has 0 bridgehead atoms. The summed E-state index contributed by atoms with van der Waals surface area (Å²) in [5.41, 5.74) is 0. The molecule has 0 aliphatic heterocycles. The van der Waals surface area contributed by atoms with Gasteiger partial charge in [-0.1, -0.05) is 0 Å². The number of carbonyl (C=O) groups excluding carboxylic acids is 1. The van der Waals surface area contributed by atoms with Crippen LogP contribution in [0.1, 0.15) is 0 Å². The highest BCUT2D eigenvalue weighted by atomic mass is 16.5. The van der Waals surface area contributed by atoms with Crippen LogP contribution >= 0.6 is 0 Å². The molecule has 0 spiro atoms. The smallest absolute Gasteiger partial charge is 0.151 e. The molecule has 5 heteroatoms. The Morgan fingerprint density at radius 1 is 1.42 bits per heavy atom. The third kappa shape index (κ3) is 2.86. The van der Waals surface area contributed by atoms with E-state index in [9.17, 15) is 4.79 Å². The number of aliphatic hydroxyl groups is 2. The van der Waals surface area contributed by atoms with E-state index < -0.39 is 18.3 Å². The molecule has 0 rings (SSSR count). The lowest BCUT2D eigenvalue weighted by molar-refractivity contribution is -0.135. The molecule has 0 aromatic carbocycles. The van der Waals surface area contributed by atoms with Crippen LogP contribution in [0.15, 0.2) is 0 Å². The Bertz CT molecular complexity index is 123. The minimum Gasteiger partial charge on any atom is -0.394 e. The molecule has 2 N–H and O–H groups in total. The Morgan fingerprint density at radius 3 is 2.25 bits per heavy atom. The van der Waals surface area contributed by atoms with Crippen molar-refractivity contribution in [2.24, 2.45) is 0 Å². The Labute approximate surface area is 70.9 Å². The summed E-state index contributed by atoms with van der Waals surface area (Å²) in [7, 11) is 2.70. The monoisotopic (exact) mass is 178 g/mol. The number of hydrogen-bond donors (Lipinski definition) is 2. The summed E-state index contributed by atoms with van der Waals surface area (Å²) in [6.07, 6.45) is -2.43. The molecular formula is C7H14O5. The zero-order valence-electron chi connectivity index (χ0n) is 7.14. The molecule has 0 aliphatic rings. The number of methoxy groups -OCH3 is 2. The second-order valence-electron chi connectivity index (χ2n) is 2.28. The normalized spacial score (nSPS) is 18.3. The molecule has 12 heavy (non-hydrogen) atoms. The van der Waals surface area contributed by atoms with Gasteiger partial charge in [-0.05, 0) is 0 Å². The molecule has 0 aromatic rings. The highest BCUT2D eigenvalue weighted by Gasteiger charge is 2.27. The van der Waals surface area contributed by atoms with E-state index in [0.29, 0.717) is 6.29 Å². The molecule has 0 aliphatic carbocycles. The maximum absolute atomic E-state index is 10.2. The number of ether oxygens (including phenoxy) is 2. The number of aldehydes is 1. The molecule has 0 heterocycles. The fraction of sp³-hybridized carbons (Fsp3) is 0.857. The van der Waals surface area contributed by atoms with Gasteiger partial charge in [0.1, 0.15) is 18.3 Å². The van der Waals surface area contributed by atoms with Crippen molar-refractivity contribution >= 4 is 6.29 Å². The van der Waals surface area contributed by atoms with Crippen molar-refractivity contribution in [3.8, 4) is 0 Å². The van der Waals surface area contributed by atoms with E-state index in [1.54, 1.807) is 0 Å². The Kier molecular flexibility index (Phi) is 5.83. The first-order valence-corrected chi connectivity index (χ1v) is 3.51. The third-order valence-electron chi connectivity index (χ3n) is 1.60. The lowest BCUT2D eigenvalue weighted by atomic mass is 10.1. The molecule has 0 aromatic heterocycles. The van der Waals surface area contributed by atoms with Gasteiger partial charge in [0.15, 0.2) is 6.29 Å². The summed E-state index contributed by atoms with van der Waals surface area (Å²) in [5.74, 6) is 0. The van der Waals surface area contributed by atoms with Crippen molar-refractivity contribution in [1.82, 2.24) is 0 Å². The van der Waals surface area contributed by atoms with Crippen LogP contribution in [0.25, 0.3) is 0 Å². The van der Waals surface area contributed by atoms with Gasteiger partial charge in [0.2, 0.25) is 0 Å². The lowest BCUT2D eigenvalue weighted by Crippen LogP contribution is -2.43. The maximum Gasteiger partial charge on any atom is 0.151 e. The fourth-order valence-corrected chi connectivity index (χ4v) is 0.901. The Morgan fingerprint density at radius 2 is 2.00 bits per heavy atom. The minimum atomic E-state index is -1.27. The molecule has 72 valence electrons. The average Bonchev–Trinajstić information content (AvgIpc) is 2.12. The second kappa shape index (κ2) is 6.07. The molecule has 0 saturated carbocycles. The van der Waals surface area contributed by atoms with Crippen LogP contribution in [0.4, 0.5) is 0 Å². The first kappa shape index (κ1) is 11.5. The van der Waals surface area contributed by atoms with Crippen LogP contribution in [0.2, 0.25) is 0 Å². The Balaban J connectivity index is 4.18. The molecule has 0 unspecified atom stereocenters. The van der Waals surface area contributed by atoms with Gasteiger partial charge in [0.25, 0.3) is 0 Å². The Hall–Kier alpha value is -0.490. The molecule has 0 radical (unpaired) electrons. The van der Waals surface area contributed by atoms with Crippen molar-refractivity contribution in [1.29, 1.82) is 0 Å². The van der Waals surface area contributed by atoms with Gasteiger partial charge in [-0.2, -0.15) is 0 Å². The van der Waals surface area contributed by atoms with Gasteiger partial charge >= 0.3 is 0 Å². The van der Waals surface area contributed by atoms with Gasteiger partial charge in [-0.15, -0.1) is 0 Å². The van der Waals surface area contributed by atoms with Crippen molar-refractivity contribution in [3.63, 3.8) is 0 Å². The summed E-state index contributed by atoms with van der Waals surface area (Å²) in [6, 6.07) is 0. The summed E-state index contributed by atoms with van der Waals surface area (Å²) >= 11 is 0. The number of rotatable bonds is 6. The van der Waals surface area contributed by atoms with Crippen molar-refractivity contribution < 1.29 is 24.5 Å². The van der Waals surface area contributed by atoms with Crippen LogP contribution in [-0.2, 0) is 14.3 Å². The number of carbonyl (C=O) groups is 1. The van der Waals surface area contributed by atoms with E-state index in [0.717, 1.165) is 0 Å². The molecular weight excluding hydrogens is 164 g/mol. The largest absolute Gasteiger partial charge is 0.394 e. The van der Waals surface area contributed by atoms with Crippen molar-refractivity contribution in [2.75, 3.05) is 20.8 Å². The van der Waals surface area contributed by atoms with E-state index in [1.807, 2.05) is 0 Å². The molecule has 5 nitrogen and oxygen atoms in total. The van der Waals surface area contributed by atoms with E-state index >= 15 is 0 Å². The molecule has 0 fully saturated rings. The standard InChI is InChI=1S/C7H14O5/c1-11-6(4-9)7(12-2)5(10)3-8/h3,5-7,9-10H,4H2,1-2H3/t5-,6+,7+/m0/s1. The number of aliphatic hydroxyl groups excluding tert-OH is 2. The van der Waals surface area contributed by atoms with Gasteiger partial charge in [0, 0.05) is 14.2 Å². The van der Waals surface area contributed by atoms with E-state index in [1.165, 1.54) is 14.2 Å². The highest BCUT2D eigenvalue weighted by Crippen LogP contribution is 2.05. The van der Waals surface area contributed by atoms with Crippen molar-refractivity contribution in [2.45, 2.75) is 18.3 Å². The molecule has 0 amide bonds. The summed E-state index contributed by atoms with van der Waals surface area (Å²) < 4.78 is 9.56. The first-order valence-electron chi connectivity index (χ1n) is 3.51. The van der Waals surface area contributed by atoms with Crippen LogP contribution in [0.5, 0.6) is 0 Å². The fourth-order valence-electron chi connectivity index (χ4n) is 0.901. The second-order valence-corrected chi connectivity index (χ2v) is 2.28. The predicted molar refractivity (Wildman–Crippen MR) is 40.8 cm³/mol. The van der Waals surface area contributed by atoms with E-state index in [4.69, 9.17) is 19.7 Å². The summed E-state index contributed by atoms with van der Waals surface area (Å²) in [6.45, 7) is -0.306. The van der Waals surface area contributed by atoms with E-state index in [-0.39, 0.29) is 6.61 Å².